The van der Waals surface area contributed by atoms with Crippen molar-refractivity contribution in [3.8, 4) is 0 Å². The van der Waals surface area contributed by atoms with Gasteiger partial charge in [-0.15, -0.1) is 11.3 Å². The molecule has 0 aliphatic rings. The summed E-state index contributed by atoms with van der Waals surface area (Å²) >= 11 is 1.85. The first kappa shape index (κ1) is 8.62. The van der Waals surface area contributed by atoms with E-state index in [1.807, 2.05) is 11.3 Å². The van der Waals surface area contributed by atoms with Crippen molar-refractivity contribution in [2.75, 3.05) is 0 Å². The van der Waals surface area contributed by atoms with Crippen molar-refractivity contribution in [3.05, 3.63) is 35.2 Å². The third-order valence-corrected chi connectivity index (χ3v) is 2.58. The molecule has 0 fully saturated rings. The number of benzene rings is 1. The summed E-state index contributed by atoms with van der Waals surface area (Å²) in [6.45, 7) is 2.14. The maximum absolute atomic E-state index is 2.22. The molecule has 0 N–H and O–H groups in total. The standard InChI is InChI=1S/C9H8S.H2S/c1-7-6-8-4-2-3-5-9(8)10-7;/h2-6H,1H3;1H2. The Balaban J connectivity index is 0.000000605. The molecule has 0 saturated heterocycles. The Hall–Kier alpha value is -0.470. The third-order valence-electron chi connectivity index (χ3n) is 1.55. The molecule has 0 spiro atoms. The van der Waals surface area contributed by atoms with Gasteiger partial charge in [0.2, 0.25) is 0 Å². The largest absolute Gasteiger partial charge is 0.197 e. The molecular weight excluding hydrogens is 172 g/mol. The summed E-state index contributed by atoms with van der Waals surface area (Å²) in [5.41, 5.74) is 0. The minimum atomic E-state index is 0. The van der Waals surface area contributed by atoms with Gasteiger partial charge < -0.3 is 0 Å². The average Bonchev–Trinajstić information content (AvgIpc) is 2.27. The van der Waals surface area contributed by atoms with Crippen LogP contribution in [0, 0.1) is 6.92 Å². The molecule has 0 aliphatic heterocycles. The van der Waals surface area contributed by atoms with E-state index in [2.05, 4.69) is 37.3 Å². The van der Waals surface area contributed by atoms with Crippen molar-refractivity contribution in [2.24, 2.45) is 0 Å². The predicted octanol–water partition coefficient (Wildman–Crippen LogP) is 3.32. The van der Waals surface area contributed by atoms with Gasteiger partial charge in [-0.05, 0) is 24.4 Å². The summed E-state index contributed by atoms with van der Waals surface area (Å²) in [5, 5.41) is 1.37. The van der Waals surface area contributed by atoms with Gasteiger partial charge in [0.05, 0.1) is 0 Å². The van der Waals surface area contributed by atoms with Gasteiger partial charge >= 0.3 is 0 Å². The Bertz CT molecular complexity index is 316. The molecule has 0 atom stereocenters. The Kier molecular flexibility index (Phi) is 2.58. The van der Waals surface area contributed by atoms with Gasteiger partial charge in [0.15, 0.2) is 0 Å². The van der Waals surface area contributed by atoms with Crippen LogP contribution in [-0.2, 0) is 0 Å². The molecule has 0 radical (unpaired) electrons. The molecule has 0 unspecified atom stereocenters. The van der Waals surface area contributed by atoms with Crippen molar-refractivity contribution in [1.82, 2.24) is 0 Å². The van der Waals surface area contributed by atoms with Crippen LogP contribution < -0.4 is 0 Å². The summed E-state index contributed by atoms with van der Waals surface area (Å²) in [4.78, 5) is 1.39. The lowest BCUT2D eigenvalue weighted by Crippen LogP contribution is -1.56. The fourth-order valence-corrected chi connectivity index (χ4v) is 2.04. The maximum Gasteiger partial charge on any atom is 0.0345 e. The smallest absolute Gasteiger partial charge is 0.0345 e. The first-order valence-corrected chi connectivity index (χ1v) is 4.13. The van der Waals surface area contributed by atoms with Crippen LogP contribution in [0.5, 0.6) is 0 Å². The second kappa shape index (κ2) is 3.28. The van der Waals surface area contributed by atoms with Crippen molar-refractivity contribution in [3.63, 3.8) is 0 Å². The van der Waals surface area contributed by atoms with Gasteiger partial charge in [-0.2, -0.15) is 13.5 Å². The van der Waals surface area contributed by atoms with Crippen LogP contribution in [0.3, 0.4) is 0 Å². The van der Waals surface area contributed by atoms with Gasteiger partial charge in [-0.25, -0.2) is 0 Å². The fraction of sp³-hybridized carbons (Fsp3) is 0.111. The van der Waals surface area contributed by atoms with Gasteiger partial charge in [0.1, 0.15) is 0 Å². The number of hydrogen-bond acceptors (Lipinski definition) is 1. The lowest BCUT2D eigenvalue weighted by Gasteiger charge is -1.82. The lowest BCUT2D eigenvalue weighted by atomic mass is 10.2. The number of thiophene rings is 1. The molecule has 1 aromatic carbocycles. The minimum Gasteiger partial charge on any atom is -0.197 e. The predicted molar refractivity (Wildman–Crippen MR) is 56.9 cm³/mol. The average molecular weight is 182 g/mol. The molecule has 0 saturated carbocycles. The highest BCUT2D eigenvalue weighted by Crippen LogP contribution is 2.23. The Morgan fingerprint density at radius 1 is 1.18 bits per heavy atom. The molecule has 2 heteroatoms. The molecule has 0 nitrogen and oxygen atoms in total. The SMILES string of the molecule is Cc1cc2ccccc2s1.S. The van der Waals surface area contributed by atoms with E-state index >= 15 is 0 Å². The van der Waals surface area contributed by atoms with E-state index in [-0.39, 0.29) is 13.5 Å². The zero-order valence-electron chi connectivity index (χ0n) is 6.29. The van der Waals surface area contributed by atoms with Crippen molar-refractivity contribution in [1.29, 1.82) is 0 Å². The number of aryl methyl sites for hydroxylation is 1. The molecule has 0 amide bonds. The summed E-state index contributed by atoms with van der Waals surface area (Å²) in [7, 11) is 0. The van der Waals surface area contributed by atoms with Gasteiger partial charge in [-0.1, -0.05) is 18.2 Å². The van der Waals surface area contributed by atoms with E-state index in [0.717, 1.165) is 0 Å². The summed E-state index contributed by atoms with van der Waals surface area (Å²) < 4.78 is 1.39. The minimum absolute atomic E-state index is 0. The number of fused-ring (bicyclic) bond motifs is 1. The van der Waals surface area contributed by atoms with Gasteiger partial charge in [-0.3, -0.25) is 0 Å². The van der Waals surface area contributed by atoms with Gasteiger partial charge in [0, 0.05) is 9.58 Å². The monoisotopic (exact) mass is 182 g/mol. The highest BCUT2D eigenvalue weighted by molar-refractivity contribution is 7.59. The van der Waals surface area contributed by atoms with Crippen molar-refractivity contribution in [2.45, 2.75) is 6.92 Å². The zero-order valence-corrected chi connectivity index (χ0v) is 8.11. The normalized spacial score (nSPS) is 9.55. The summed E-state index contributed by atoms with van der Waals surface area (Å²) in [6.07, 6.45) is 0. The molecule has 1 aromatic heterocycles. The number of hydrogen-bond donors (Lipinski definition) is 0. The summed E-state index contributed by atoms with van der Waals surface area (Å²) in [5.74, 6) is 0. The van der Waals surface area contributed by atoms with Crippen LogP contribution in [-0.4, -0.2) is 0 Å². The van der Waals surface area contributed by atoms with E-state index in [9.17, 15) is 0 Å². The zero-order chi connectivity index (χ0) is 6.97. The maximum atomic E-state index is 2.22. The number of rotatable bonds is 0. The van der Waals surface area contributed by atoms with Crippen LogP contribution >= 0.6 is 24.8 Å². The quantitative estimate of drug-likeness (QED) is 0.586. The molecule has 0 bridgehead atoms. The molecule has 11 heavy (non-hydrogen) atoms. The van der Waals surface area contributed by atoms with Crippen LogP contribution in [0.2, 0.25) is 0 Å². The van der Waals surface area contributed by atoms with Crippen molar-refractivity contribution < 1.29 is 0 Å². The highest BCUT2D eigenvalue weighted by Gasteiger charge is 1.93. The molecule has 1 heterocycles. The highest BCUT2D eigenvalue weighted by atomic mass is 32.1. The molecule has 2 aromatic rings. The third kappa shape index (κ3) is 1.57. The summed E-state index contributed by atoms with van der Waals surface area (Å²) in [6, 6.07) is 10.7. The second-order valence-corrected chi connectivity index (χ2v) is 3.68. The molecular formula is C9H10S2. The van der Waals surface area contributed by atoms with E-state index in [4.69, 9.17) is 0 Å². The van der Waals surface area contributed by atoms with Crippen LogP contribution in [0.4, 0.5) is 0 Å². The Morgan fingerprint density at radius 3 is 2.64 bits per heavy atom. The Labute approximate surface area is 77.3 Å². The molecule has 58 valence electrons. The molecule has 0 aliphatic carbocycles. The van der Waals surface area contributed by atoms with Crippen LogP contribution in [0.15, 0.2) is 30.3 Å². The van der Waals surface area contributed by atoms with E-state index in [1.54, 1.807) is 0 Å². The topological polar surface area (TPSA) is 0 Å². The first-order valence-electron chi connectivity index (χ1n) is 3.31. The van der Waals surface area contributed by atoms with Crippen molar-refractivity contribution >= 4 is 34.9 Å². The van der Waals surface area contributed by atoms with Crippen LogP contribution in [0.25, 0.3) is 10.1 Å². The lowest BCUT2D eigenvalue weighted by molar-refractivity contribution is 1.65. The van der Waals surface area contributed by atoms with Gasteiger partial charge in [0.25, 0.3) is 0 Å². The van der Waals surface area contributed by atoms with E-state index in [0.29, 0.717) is 0 Å². The first-order chi connectivity index (χ1) is 4.86. The second-order valence-electron chi connectivity index (χ2n) is 2.39. The van der Waals surface area contributed by atoms with E-state index < -0.39 is 0 Å². The van der Waals surface area contributed by atoms with Crippen LogP contribution in [0.1, 0.15) is 4.88 Å². The molecule has 2 rings (SSSR count). The van der Waals surface area contributed by atoms with E-state index in [1.165, 1.54) is 15.0 Å². The Morgan fingerprint density at radius 2 is 1.91 bits per heavy atom. The fourth-order valence-electron chi connectivity index (χ4n) is 1.11.